The van der Waals surface area contributed by atoms with Crippen LogP contribution in [-0.4, -0.2) is 29.6 Å². The first-order valence-electron chi connectivity index (χ1n) is 6.48. The van der Waals surface area contributed by atoms with Crippen LogP contribution in [0.25, 0.3) is 0 Å². The number of rotatable bonds is 4. The Kier molecular flexibility index (Phi) is 6.11. The Balaban J connectivity index is 2.73. The van der Waals surface area contributed by atoms with Gasteiger partial charge in [-0.1, -0.05) is 37.8 Å². The van der Waals surface area contributed by atoms with E-state index in [1.54, 1.807) is 4.90 Å². The molecule has 1 rings (SSSR count). The smallest absolute Gasteiger partial charge is 0.225 e. The summed E-state index contributed by atoms with van der Waals surface area (Å²) in [5.74, 6) is 6.04. The first-order valence-corrected chi connectivity index (χ1v) is 6.48. The molecule has 0 aliphatic heterocycles. The highest BCUT2D eigenvalue weighted by atomic mass is 16.2. The molecule has 0 atom stereocenters. The van der Waals surface area contributed by atoms with E-state index >= 15 is 0 Å². The van der Waals surface area contributed by atoms with Crippen molar-refractivity contribution in [3.05, 3.63) is 35.4 Å². The van der Waals surface area contributed by atoms with Gasteiger partial charge in [0.1, 0.15) is 0 Å². The van der Waals surface area contributed by atoms with E-state index in [2.05, 4.69) is 11.8 Å². The summed E-state index contributed by atoms with van der Waals surface area (Å²) in [5.41, 5.74) is 1.98. The molecule has 3 nitrogen and oxygen atoms in total. The summed E-state index contributed by atoms with van der Waals surface area (Å²) >= 11 is 0. The first-order chi connectivity index (χ1) is 9.04. The maximum Gasteiger partial charge on any atom is 0.225 e. The summed E-state index contributed by atoms with van der Waals surface area (Å²) in [5, 5.41) is 8.68. The van der Waals surface area contributed by atoms with Crippen molar-refractivity contribution in [1.29, 1.82) is 0 Å². The Morgan fingerprint density at radius 2 is 2.16 bits per heavy atom. The van der Waals surface area contributed by atoms with Crippen molar-refractivity contribution in [2.24, 2.45) is 5.92 Å². The highest BCUT2D eigenvalue weighted by Crippen LogP contribution is 2.09. The van der Waals surface area contributed by atoms with Crippen molar-refractivity contribution in [3.63, 3.8) is 0 Å². The lowest BCUT2D eigenvalue weighted by Crippen LogP contribution is -2.29. The van der Waals surface area contributed by atoms with E-state index in [-0.39, 0.29) is 18.4 Å². The van der Waals surface area contributed by atoms with E-state index < -0.39 is 0 Å². The van der Waals surface area contributed by atoms with Gasteiger partial charge in [0.25, 0.3) is 0 Å². The summed E-state index contributed by atoms with van der Waals surface area (Å²) < 4.78 is 0. The zero-order valence-electron chi connectivity index (χ0n) is 11.8. The number of aliphatic hydroxyl groups excluding tert-OH is 1. The summed E-state index contributed by atoms with van der Waals surface area (Å²) in [6, 6.07) is 7.83. The van der Waals surface area contributed by atoms with Gasteiger partial charge in [-0.2, -0.15) is 0 Å². The average Bonchev–Trinajstić information content (AvgIpc) is 2.38. The molecule has 0 radical (unpaired) electrons. The molecule has 1 aromatic carbocycles. The molecule has 0 bridgehead atoms. The monoisotopic (exact) mass is 259 g/mol. The first kappa shape index (κ1) is 15.3. The minimum atomic E-state index is 0.0116. The van der Waals surface area contributed by atoms with Crippen LogP contribution in [0.15, 0.2) is 24.3 Å². The minimum Gasteiger partial charge on any atom is -0.395 e. The van der Waals surface area contributed by atoms with Gasteiger partial charge in [0.2, 0.25) is 5.91 Å². The van der Waals surface area contributed by atoms with Crippen LogP contribution in [0, 0.1) is 17.8 Å². The second kappa shape index (κ2) is 7.60. The zero-order valence-corrected chi connectivity index (χ0v) is 11.8. The second-order valence-corrected chi connectivity index (χ2v) is 4.82. The molecule has 0 fully saturated rings. The molecule has 19 heavy (non-hydrogen) atoms. The normalized spacial score (nSPS) is 9.95. The van der Waals surface area contributed by atoms with Crippen molar-refractivity contribution in [1.82, 2.24) is 4.90 Å². The number of amides is 1. The number of nitrogens with zero attached hydrogens (tertiary/aromatic N) is 1. The third-order valence-electron chi connectivity index (χ3n) is 2.69. The van der Waals surface area contributed by atoms with Crippen LogP contribution in [0.2, 0.25) is 0 Å². The van der Waals surface area contributed by atoms with Gasteiger partial charge in [-0.05, 0) is 17.7 Å². The van der Waals surface area contributed by atoms with Crippen molar-refractivity contribution >= 4 is 5.91 Å². The van der Waals surface area contributed by atoms with Gasteiger partial charge < -0.3 is 10.0 Å². The summed E-state index contributed by atoms with van der Waals surface area (Å²) in [6.45, 7) is 4.47. The molecule has 1 N–H and O–H groups in total. The van der Waals surface area contributed by atoms with Gasteiger partial charge in [0.05, 0.1) is 6.61 Å². The standard InChI is InChI=1S/C16H21NO2/c1-13(2)16(19)17(3)12-15-9-6-8-14(11-15)7-4-5-10-18/h6,8-9,11,13,18H,5,10,12H2,1-3H3. The maximum atomic E-state index is 11.8. The quantitative estimate of drug-likeness (QED) is 0.841. The molecule has 102 valence electrons. The molecule has 0 heterocycles. The predicted octanol–water partition coefficient (Wildman–Crippen LogP) is 2.03. The van der Waals surface area contributed by atoms with Gasteiger partial charge in [-0.25, -0.2) is 0 Å². The average molecular weight is 259 g/mol. The largest absolute Gasteiger partial charge is 0.395 e. The lowest BCUT2D eigenvalue weighted by atomic mass is 10.1. The number of aliphatic hydroxyl groups is 1. The Labute approximate surface area is 115 Å². The van der Waals surface area contributed by atoms with Crippen molar-refractivity contribution in [3.8, 4) is 11.8 Å². The predicted molar refractivity (Wildman–Crippen MR) is 76.3 cm³/mol. The van der Waals surface area contributed by atoms with Crippen molar-refractivity contribution in [2.45, 2.75) is 26.8 Å². The highest BCUT2D eigenvalue weighted by Gasteiger charge is 2.12. The number of carbonyl (C=O) groups excluding carboxylic acids is 1. The molecule has 0 saturated carbocycles. The van der Waals surface area contributed by atoms with E-state index in [4.69, 9.17) is 5.11 Å². The number of hydrogen-bond donors (Lipinski definition) is 1. The Bertz CT molecular complexity index is 483. The third-order valence-corrected chi connectivity index (χ3v) is 2.69. The van der Waals surface area contributed by atoms with E-state index in [1.165, 1.54) is 0 Å². The number of hydrogen-bond acceptors (Lipinski definition) is 2. The molecule has 0 unspecified atom stereocenters. The molecule has 3 heteroatoms. The third kappa shape index (κ3) is 5.15. The van der Waals surface area contributed by atoms with Crippen LogP contribution < -0.4 is 0 Å². The van der Waals surface area contributed by atoms with Gasteiger partial charge in [-0.3, -0.25) is 4.79 Å². The maximum absolute atomic E-state index is 11.8. The molecule has 1 aromatic rings. The van der Waals surface area contributed by atoms with Gasteiger partial charge in [0, 0.05) is 31.5 Å². The fourth-order valence-electron chi connectivity index (χ4n) is 1.76. The number of carbonyl (C=O) groups is 1. The SMILES string of the molecule is CC(C)C(=O)N(C)Cc1cccc(C#CCCO)c1. The molecule has 0 aromatic heterocycles. The van der Waals surface area contributed by atoms with Crippen LogP contribution in [0.3, 0.4) is 0 Å². The van der Waals surface area contributed by atoms with Crippen LogP contribution in [0.1, 0.15) is 31.4 Å². The van der Waals surface area contributed by atoms with Crippen molar-refractivity contribution < 1.29 is 9.90 Å². The molecular formula is C16H21NO2. The van der Waals surface area contributed by atoms with E-state index in [9.17, 15) is 4.79 Å². The molecular weight excluding hydrogens is 238 g/mol. The fraction of sp³-hybridized carbons (Fsp3) is 0.438. The van der Waals surface area contributed by atoms with E-state index in [1.807, 2.05) is 45.2 Å². The lowest BCUT2D eigenvalue weighted by molar-refractivity contribution is -0.133. The summed E-state index contributed by atoms with van der Waals surface area (Å²) in [7, 11) is 1.81. The number of benzene rings is 1. The topological polar surface area (TPSA) is 40.5 Å². The van der Waals surface area contributed by atoms with Crippen LogP contribution in [0.5, 0.6) is 0 Å². The summed E-state index contributed by atoms with van der Waals surface area (Å²) in [4.78, 5) is 13.5. The lowest BCUT2D eigenvalue weighted by Gasteiger charge is -2.19. The Morgan fingerprint density at radius 1 is 1.42 bits per heavy atom. The van der Waals surface area contributed by atoms with E-state index in [0.29, 0.717) is 13.0 Å². The second-order valence-electron chi connectivity index (χ2n) is 4.82. The zero-order chi connectivity index (χ0) is 14.3. The molecule has 0 aliphatic carbocycles. The van der Waals surface area contributed by atoms with Crippen LogP contribution in [0.4, 0.5) is 0 Å². The van der Waals surface area contributed by atoms with Crippen LogP contribution in [-0.2, 0) is 11.3 Å². The molecule has 1 amide bonds. The minimum absolute atomic E-state index is 0.0116. The Morgan fingerprint density at radius 3 is 2.79 bits per heavy atom. The van der Waals surface area contributed by atoms with Crippen LogP contribution >= 0.6 is 0 Å². The van der Waals surface area contributed by atoms with E-state index in [0.717, 1.165) is 11.1 Å². The van der Waals surface area contributed by atoms with Crippen molar-refractivity contribution in [2.75, 3.05) is 13.7 Å². The molecule has 0 spiro atoms. The fourth-order valence-corrected chi connectivity index (χ4v) is 1.76. The van der Waals surface area contributed by atoms with Gasteiger partial charge >= 0.3 is 0 Å². The summed E-state index contributed by atoms with van der Waals surface area (Å²) in [6.07, 6.45) is 0.482. The van der Waals surface area contributed by atoms with Gasteiger partial charge in [0.15, 0.2) is 0 Å². The molecule has 0 aliphatic rings. The highest BCUT2D eigenvalue weighted by molar-refractivity contribution is 5.77. The Hall–Kier alpha value is -1.79. The van der Waals surface area contributed by atoms with Gasteiger partial charge in [-0.15, -0.1) is 0 Å². The molecule has 0 saturated heterocycles.